The minimum atomic E-state index is 0.778. The Morgan fingerprint density at radius 1 is 1.06 bits per heavy atom. The van der Waals surface area contributed by atoms with Crippen LogP contribution in [-0.4, -0.2) is 32.8 Å². The van der Waals surface area contributed by atoms with Gasteiger partial charge in [0.05, 0.1) is 0 Å². The third kappa shape index (κ3) is 2.08. The Balaban J connectivity index is 1.91. The summed E-state index contributed by atoms with van der Waals surface area (Å²) in [7, 11) is 1.96. The van der Waals surface area contributed by atoms with E-state index < -0.39 is 0 Å². The monoisotopic (exact) mass is 243 g/mol. The van der Waals surface area contributed by atoms with Crippen molar-refractivity contribution in [1.29, 1.82) is 0 Å². The van der Waals surface area contributed by atoms with Crippen molar-refractivity contribution < 1.29 is 0 Å². The van der Waals surface area contributed by atoms with Gasteiger partial charge in [0.2, 0.25) is 5.95 Å². The fraction of sp³-hybridized carbons (Fsp3) is 0.462. The van der Waals surface area contributed by atoms with Gasteiger partial charge in [0.25, 0.3) is 0 Å². The van der Waals surface area contributed by atoms with Gasteiger partial charge in [-0.3, -0.25) is 4.98 Å². The molecule has 3 heterocycles. The van der Waals surface area contributed by atoms with Crippen LogP contribution in [0.2, 0.25) is 0 Å². The summed E-state index contributed by atoms with van der Waals surface area (Å²) >= 11 is 0. The normalized spacial score (nSPS) is 15.9. The third-order valence-corrected chi connectivity index (χ3v) is 3.32. The number of hydrogen-bond donors (Lipinski definition) is 0. The number of rotatable bonds is 2. The van der Waals surface area contributed by atoms with Crippen LogP contribution in [-0.2, 0) is 7.05 Å². The van der Waals surface area contributed by atoms with E-state index in [2.05, 4.69) is 20.0 Å². The van der Waals surface area contributed by atoms with Crippen molar-refractivity contribution in [1.82, 2.24) is 19.7 Å². The average Bonchev–Trinajstić information content (AvgIpc) is 2.83. The molecule has 0 spiro atoms. The highest BCUT2D eigenvalue weighted by Gasteiger charge is 2.17. The Bertz CT molecular complexity index is 513. The minimum absolute atomic E-state index is 0.778. The first kappa shape index (κ1) is 11.2. The zero-order valence-electron chi connectivity index (χ0n) is 10.6. The largest absolute Gasteiger partial charge is 0.341 e. The molecule has 1 fully saturated rings. The molecule has 0 radical (unpaired) electrons. The second-order valence-corrected chi connectivity index (χ2v) is 4.64. The van der Waals surface area contributed by atoms with Gasteiger partial charge in [0, 0.05) is 38.1 Å². The van der Waals surface area contributed by atoms with Crippen LogP contribution < -0.4 is 4.90 Å². The van der Waals surface area contributed by atoms with E-state index in [0.29, 0.717) is 0 Å². The maximum atomic E-state index is 4.65. The predicted molar refractivity (Wildman–Crippen MR) is 70.3 cm³/mol. The molecule has 94 valence electrons. The third-order valence-electron chi connectivity index (χ3n) is 3.32. The maximum absolute atomic E-state index is 4.65. The van der Waals surface area contributed by atoms with Crippen LogP contribution in [0.15, 0.2) is 24.5 Å². The second-order valence-electron chi connectivity index (χ2n) is 4.64. The molecule has 0 amide bonds. The van der Waals surface area contributed by atoms with Gasteiger partial charge in [-0.05, 0) is 31.4 Å². The Hall–Kier alpha value is -1.91. The highest BCUT2D eigenvalue weighted by Crippen LogP contribution is 2.21. The van der Waals surface area contributed by atoms with Gasteiger partial charge >= 0.3 is 0 Å². The summed E-state index contributed by atoms with van der Waals surface area (Å²) in [5.41, 5.74) is 1.02. The molecule has 5 heteroatoms. The lowest BCUT2D eigenvalue weighted by molar-refractivity contribution is 0.557. The summed E-state index contributed by atoms with van der Waals surface area (Å²) in [6.07, 6.45) is 7.36. The molecular formula is C13H17N5. The van der Waals surface area contributed by atoms with Gasteiger partial charge in [-0.2, -0.15) is 4.98 Å². The fourth-order valence-electron chi connectivity index (χ4n) is 2.37. The topological polar surface area (TPSA) is 46.8 Å². The Kier molecular flexibility index (Phi) is 2.96. The number of hydrogen-bond acceptors (Lipinski definition) is 4. The van der Waals surface area contributed by atoms with E-state index in [0.717, 1.165) is 30.4 Å². The lowest BCUT2D eigenvalue weighted by Crippen LogP contribution is -2.31. The summed E-state index contributed by atoms with van der Waals surface area (Å²) in [6.45, 7) is 2.17. The van der Waals surface area contributed by atoms with Gasteiger partial charge in [0.15, 0.2) is 5.82 Å². The molecule has 0 N–H and O–H groups in total. The molecule has 1 aliphatic heterocycles. The van der Waals surface area contributed by atoms with Crippen molar-refractivity contribution in [2.45, 2.75) is 19.3 Å². The zero-order chi connectivity index (χ0) is 12.4. The lowest BCUT2D eigenvalue weighted by Gasteiger charge is -2.26. The van der Waals surface area contributed by atoms with Crippen LogP contribution in [0.3, 0.4) is 0 Å². The van der Waals surface area contributed by atoms with E-state index in [1.807, 2.05) is 23.9 Å². The first-order valence-electron chi connectivity index (χ1n) is 6.41. The van der Waals surface area contributed by atoms with E-state index in [1.165, 1.54) is 19.3 Å². The molecule has 0 aliphatic carbocycles. The number of aryl methyl sites for hydroxylation is 1. The van der Waals surface area contributed by atoms with Crippen molar-refractivity contribution in [3.8, 4) is 11.4 Å². The SMILES string of the molecule is Cn1nc(-c2ccncc2)nc1N1CCCCC1. The van der Waals surface area contributed by atoms with Crippen LogP contribution in [0, 0.1) is 0 Å². The Morgan fingerprint density at radius 2 is 1.78 bits per heavy atom. The standard InChI is InChI=1S/C13H17N5/c1-17-13(18-9-3-2-4-10-18)15-12(16-17)11-5-7-14-8-6-11/h5-8H,2-4,9-10H2,1H3. The van der Waals surface area contributed by atoms with Gasteiger partial charge in [-0.15, -0.1) is 5.10 Å². The van der Waals surface area contributed by atoms with Crippen LogP contribution >= 0.6 is 0 Å². The zero-order valence-corrected chi connectivity index (χ0v) is 10.6. The molecular weight excluding hydrogens is 226 g/mol. The van der Waals surface area contributed by atoms with Gasteiger partial charge in [-0.1, -0.05) is 0 Å². The summed E-state index contributed by atoms with van der Waals surface area (Å²) in [5, 5.41) is 4.49. The molecule has 0 bridgehead atoms. The van der Waals surface area contributed by atoms with E-state index in [4.69, 9.17) is 0 Å². The van der Waals surface area contributed by atoms with Crippen molar-refractivity contribution in [3.05, 3.63) is 24.5 Å². The van der Waals surface area contributed by atoms with Crippen LogP contribution in [0.5, 0.6) is 0 Å². The molecule has 0 saturated carbocycles. The Labute approximate surface area is 106 Å². The highest BCUT2D eigenvalue weighted by molar-refractivity contribution is 5.55. The van der Waals surface area contributed by atoms with Crippen molar-refractivity contribution in [2.75, 3.05) is 18.0 Å². The summed E-state index contributed by atoms with van der Waals surface area (Å²) in [6, 6.07) is 3.88. The lowest BCUT2D eigenvalue weighted by atomic mass is 10.1. The minimum Gasteiger partial charge on any atom is -0.341 e. The number of pyridine rings is 1. The Morgan fingerprint density at radius 3 is 2.50 bits per heavy atom. The molecule has 5 nitrogen and oxygen atoms in total. The predicted octanol–water partition coefficient (Wildman–Crippen LogP) is 1.87. The molecule has 0 aromatic carbocycles. The molecule has 1 aliphatic rings. The average molecular weight is 243 g/mol. The molecule has 0 unspecified atom stereocenters. The maximum Gasteiger partial charge on any atom is 0.224 e. The molecule has 3 rings (SSSR count). The van der Waals surface area contributed by atoms with Crippen LogP contribution in [0.4, 0.5) is 5.95 Å². The first-order chi connectivity index (χ1) is 8.84. The number of nitrogens with zero attached hydrogens (tertiary/aromatic N) is 5. The van der Waals surface area contributed by atoms with Gasteiger partial charge < -0.3 is 4.90 Å². The van der Waals surface area contributed by atoms with Gasteiger partial charge in [-0.25, -0.2) is 4.68 Å². The van der Waals surface area contributed by atoms with Crippen molar-refractivity contribution in [2.24, 2.45) is 7.05 Å². The number of anilines is 1. The molecule has 1 saturated heterocycles. The smallest absolute Gasteiger partial charge is 0.224 e. The van der Waals surface area contributed by atoms with Crippen molar-refractivity contribution >= 4 is 5.95 Å². The molecule has 2 aromatic heterocycles. The molecule has 2 aromatic rings. The number of piperidine rings is 1. The van der Waals surface area contributed by atoms with Crippen LogP contribution in [0.1, 0.15) is 19.3 Å². The summed E-state index contributed by atoms with van der Waals surface area (Å²) in [4.78, 5) is 11.0. The van der Waals surface area contributed by atoms with E-state index >= 15 is 0 Å². The highest BCUT2D eigenvalue weighted by atomic mass is 15.4. The van der Waals surface area contributed by atoms with E-state index in [1.54, 1.807) is 12.4 Å². The molecule has 0 atom stereocenters. The second kappa shape index (κ2) is 4.76. The van der Waals surface area contributed by atoms with E-state index in [-0.39, 0.29) is 0 Å². The van der Waals surface area contributed by atoms with Gasteiger partial charge in [0.1, 0.15) is 0 Å². The van der Waals surface area contributed by atoms with Crippen LogP contribution in [0.25, 0.3) is 11.4 Å². The summed E-state index contributed by atoms with van der Waals surface area (Å²) in [5.74, 6) is 1.75. The van der Waals surface area contributed by atoms with E-state index in [9.17, 15) is 0 Å². The van der Waals surface area contributed by atoms with Crippen molar-refractivity contribution in [3.63, 3.8) is 0 Å². The first-order valence-corrected chi connectivity index (χ1v) is 6.41. The fourth-order valence-corrected chi connectivity index (χ4v) is 2.37. The number of aromatic nitrogens is 4. The quantitative estimate of drug-likeness (QED) is 0.808. The summed E-state index contributed by atoms with van der Waals surface area (Å²) < 4.78 is 1.88. The molecule has 18 heavy (non-hydrogen) atoms.